The fourth-order valence-electron chi connectivity index (χ4n) is 2.14. The Hall–Kier alpha value is -2.20. The van der Waals surface area contributed by atoms with Gasteiger partial charge in [0.1, 0.15) is 17.5 Å². The molecule has 21 heavy (non-hydrogen) atoms. The molecule has 0 spiro atoms. The number of hydrogen-bond acceptors (Lipinski definition) is 0. The summed E-state index contributed by atoms with van der Waals surface area (Å²) in [4.78, 5) is 2.86. The number of aromatic amines is 1. The fraction of sp³-hybridized carbons (Fsp3) is 0. The summed E-state index contributed by atoms with van der Waals surface area (Å²) < 4.78 is 40.5. The summed E-state index contributed by atoms with van der Waals surface area (Å²) >= 11 is 5.71. The van der Waals surface area contributed by atoms with Gasteiger partial charge >= 0.3 is 0 Å². The maximum atomic E-state index is 13.9. The second kappa shape index (κ2) is 5.30. The highest BCUT2D eigenvalue weighted by molar-refractivity contribution is 6.30. The van der Waals surface area contributed by atoms with Crippen molar-refractivity contribution >= 4 is 11.6 Å². The minimum Gasteiger partial charge on any atom is -0.360 e. The van der Waals surface area contributed by atoms with E-state index in [9.17, 15) is 13.2 Å². The van der Waals surface area contributed by atoms with Gasteiger partial charge in [0.25, 0.3) is 0 Å². The minimum absolute atomic E-state index is 0.219. The van der Waals surface area contributed by atoms with Crippen LogP contribution in [0.3, 0.4) is 0 Å². The second-order valence-corrected chi connectivity index (χ2v) is 4.99. The van der Waals surface area contributed by atoms with Crippen LogP contribution >= 0.6 is 11.6 Å². The van der Waals surface area contributed by atoms with Crippen LogP contribution in [0.5, 0.6) is 0 Å². The molecule has 1 N–H and O–H groups in total. The van der Waals surface area contributed by atoms with Gasteiger partial charge in [-0.3, -0.25) is 0 Å². The molecule has 0 atom stereocenters. The third-order valence-electron chi connectivity index (χ3n) is 3.15. The first-order chi connectivity index (χ1) is 10.0. The van der Waals surface area contributed by atoms with Crippen molar-refractivity contribution in [3.05, 3.63) is 71.1 Å². The number of nitrogens with one attached hydrogen (secondary N) is 1. The third kappa shape index (κ3) is 2.67. The first kappa shape index (κ1) is 13.8. The van der Waals surface area contributed by atoms with E-state index in [2.05, 4.69) is 4.98 Å². The topological polar surface area (TPSA) is 15.8 Å². The van der Waals surface area contributed by atoms with Gasteiger partial charge in [0.05, 0.1) is 0 Å². The van der Waals surface area contributed by atoms with E-state index < -0.39 is 17.5 Å². The third-order valence-corrected chi connectivity index (χ3v) is 3.38. The average Bonchev–Trinajstić information content (AvgIpc) is 2.87. The van der Waals surface area contributed by atoms with Crippen LogP contribution in [0.15, 0.2) is 48.7 Å². The van der Waals surface area contributed by atoms with Crippen molar-refractivity contribution in [2.24, 2.45) is 0 Å². The largest absolute Gasteiger partial charge is 0.360 e. The zero-order chi connectivity index (χ0) is 15.0. The molecule has 3 aromatic rings. The Morgan fingerprint density at radius 1 is 0.810 bits per heavy atom. The molecule has 1 aromatic heterocycles. The molecule has 0 radical (unpaired) electrons. The number of halogens is 4. The Kier molecular flexibility index (Phi) is 3.47. The van der Waals surface area contributed by atoms with Crippen molar-refractivity contribution < 1.29 is 13.2 Å². The molecule has 0 unspecified atom stereocenters. The molecule has 0 saturated carbocycles. The van der Waals surface area contributed by atoms with Crippen molar-refractivity contribution in [3.63, 3.8) is 0 Å². The van der Waals surface area contributed by atoms with Crippen molar-refractivity contribution in [3.8, 4) is 22.4 Å². The monoisotopic (exact) mass is 307 g/mol. The Bertz CT molecular complexity index is 745. The van der Waals surface area contributed by atoms with Crippen LogP contribution in [0, 0.1) is 17.5 Å². The molecule has 1 nitrogen and oxygen atoms in total. The number of H-pyrrole nitrogens is 1. The van der Waals surface area contributed by atoms with Crippen molar-refractivity contribution in [1.29, 1.82) is 0 Å². The molecule has 0 fully saturated rings. The van der Waals surface area contributed by atoms with Crippen LogP contribution in [-0.2, 0) is 0 Å². The summed E-state index contributed by atoms with van der Waals surface area (Å²) in [5.41, 5.74) is 1.57. The van der Waals surface area contributed by atoms with Gasteiger partial charge in [-0.25, -0.2) is 13.2 Å². The van der Waals surface area contributed by atoms with Crippen LogP contribution < -0.4 is 0 Å². The lowest BCUT2D eigenvalue weighted by molar-refractivity contribution is 0.585. The van der Waals surface area contributed by atoms with Crippen molar-refractivity contribution in [2.45, 2.75) is 0 Å². The van der Waals surface area contributed by atoms with Gasteiger partial charge < -0.3 is 4.98 Å². The van der Waals surface area contributed by atoms with E-state index in [0.717, 1.165) is 6.07 Å². The quantitative estimate of drug-likeness (QED) is 0.650. The average molecular weight is 308 g/mol. The molecule has 0 aliphatic heterocycles. The van der Waals surface area contributed by atoms with Crippen molar-refractivity contribution in [2.75, 3.05) is 0 Å². The maximum absolute atomic E-state index is 13.9. The molecule has 0 aliphatic rings. The van der Waals surface area contributed by atoms with E-state index in [1.54, 1.807) is 24.4 Å². The highest BCUT2D eigenvalue weighted by atomic mass is 35.5. The highest BCUT2D eigenvalue weighted by Gasteiger charge is 2.12. The smallest absolute Gasteiger partial charge is 0.135 e. The minimum atomic E-state index is -0.681. The van der Waals surface area contributed by atoms with Gasteiger partial charge in [0, 0.05) is 39.7 Å². The van der Waals surface area contributed by atoms with Crippen LogP contribution in [0.25, 0.3) is 22.4 Å². The first-order valence-electron chi connectivity index (χ1n) is 6.14. The lowest BCUT2D eigenvalue weighted by atomic mass is 10.1. The Morgan fingerprint density at radius 2 is 1.52 bits per heavy atom. The van der Waals surface area contributed by atoms with Crippen molar-refractivity contribution in [1.82, 2.24) is 4.98 Å². The molecule has 0 saturated heterocycles. The summed E-state index contributed by atoms with van der Waals surface area (Å²) in [7, 11) is 0. The van der Waals surface area contributed by atoms with E-state index in [0.29, 0.717) is 21.8 Å². The summed E-state index contributed by atoms with van der Waals surface area (Å²) in [6, 6.07) is 9.24. The SMILES string of the molecule is Fc1ccc(-c2cc(-c3ccc(Cl)cc3F)c[nH]2)c(F)c1. The summed E-state index contributed by atoms with van der Waals surface area (Å²) in [6.07, 6.45) is 1.56. The molecule has 106 valence electrons. The lowest BCUT2D eigenvalue weighted by Gasteiger charge is -2.01. The van der Waals surface area contributed by atoms with Crippen LogP contribution in [0.1, 0.15) is 0 Å². The highest BCUT2D eigenvalue weighted by Crippen LogP contribution is 2.30. The number of aromatic nitrogens is 1. The van der Waals surface area contributed by atoms with Gasteiger partial charge in [-0.15, -0.1) is 0 Å². The van der Waals surface area contributed by atoms with Gasteiger partial charge in [-0.05, 0) is 36.4 Å². The zero-order valence-electron chi connectivity index (χ0n) is 10.6. The molecule has 5 heteroatoms. The second-order valence-electron chi connectivity index (χ2n) is 4.55. The Balaban J connectivity index is 2.03. The number of benzene rings is 2. The predicted octanol–water partition coefficient (Wildman–Crippen LogP) is 5.42. The summed E-state index contributed by atoms with van der Waals surface area (Å²) in [5, 5.41) is 0.302. The predicted molar refractivity (Wildman–Crippen MR) is 76.5 cm³/mol. The van der Waals surface area contributed by atoms with Crippen LogP contribution in [-0.4, -0.2) is 4.98 Å². The number of rotatable bonds is 2. The van der Waals surface area contributed by atoms with Gasteiger partial charge in [0.15, 0.2) is 0 Å². The van der Waals surface area contributed by atoms with Crippen LogP contribution in [0.2, 0.25) is 5.02 Å². The van der Waals surface area contributed by atoms with E-state index in [-0.39, 0.29) is 5.56 Å². The molecule has 0 bridgehead atoms. The van der Waals surface area contributed by atoms with Crippen LogP contribution in [0.4, 0.5) is 13.2 Å². The van der Waals surface area contributed by atoms with E-state index in [4.69, 9.17) is 11.6 Å². The molecular formula is C16H9ClF3N. The lowest BCUT2D eigenvalue weighted by Crippen LogP contribution is -1.85. The Morgan fingerprint density at radius 3 is 2.24 bits per heavy atom. The molecule has 1 heterocycles. The molecule has 3 rings (SSSR count). The van der Waals surface area contributed by atoms with E-state index >= 15 is 0 Å². The summed E-state index contributed by atoms with van der Waals surface area (Å²) in [6.45, 7) is 0. The summed E-state index contributed by atoms with van der Waals surface area (Å²) in [5.74, 6) is -1.79. The maximum Gasteiger partial charge on any atom is 0.135 e. The standard InChI is InChI=1S/C16H9ClF3N/c17-10-1-3-12(14(19)6-10)9-5-16(21-8-9)13-4-2-11(18)7-15(13)20/h1-8,21H. The Labute approximate surface area is 124 Å². The molecule has 0 aliphatic carbocycles. The zero-order valence-corrected chi connectivity index (χ0v) is 11.4. The number of hydrogen-bond donors (Lipinski definition) is 1. The molecular weight excluding hydrogens is 299 g/mol. The molecule has 2 aromatic carbocycles. The van der Waals surface area contributed by atoms with Gasteiger partial charge in [0.2, 0.25) is 0 Å². The van der Waals surface area contributed by atoms with Gasteiger partial charge in [-0.2, -0.15) is 0 Å². The van der Waals surface area contributed by atoms with E-state index in [1.165, 1.54) is 18.2 Å². The normalized spacial score (nSPS) is 10.9. The first-order valence-corrected chi connectivity index (χ1v) is 6.51. The van der Waals surface area contributed by atoms with Gasteiger partial charge in [-0.1, -0.05) is 11.6 Å². The fourth-order valence-corrected chi connectivity index (χ4v) is 2.30. The molecule has 0 amide bonds. The van der Waals surface area contributed by atoms with E-state index in [1.807, 2.05) is 0 Å².